The topological polar surface area (TPSA) is 71.0 Å². The van der Waals surface area contributed by atoms with Gasteiger partial charge in [-0.05, 0) is 49.6 Å². The highest BCUT2D eigenvalue weighted by molar-refractivity contribution is 5.98. The Morgan fingerprint density at radius 3 is 2.78 bits per heavy atom. The third-order valence-corrected chi connectivity index (χ3v) is 5.14. The van der Waals surface area contributed by atoms with Gasteiger partial charge < -0.3 is 19.9 Å². The Labute approximate surface area is 159 Å². The number of aromatic hydroxyl groups is 1. The van der Waals surface area contributed by atoms with Gasteiger partial charge in [-0.25, -0.2) is 0 Å². The van der Waals surface area contributed by atoms with E-state index in [2.05, 4.69) is 10.2 Å². The maximum atomic E-state index is 12.8. The molecule has 2 aromatic carbocycles. The standard InChI is InChI=1S/C21H26N2O4/c1-15-7-8-17(12-19(15)24)22-20(25)21(2)9-10-23(21)13-16-5-4-6-18(11-16)27-14-26-3/h4-8,11-12,24H,9-10,13-14H2,1-3H3,(H,22,25). The number of benzene rings is 2. The van der Waals surface area contributed by atoms with Gasteiger partial charge in [0.1, 0.15) is 11.5 Å². The number of hydrogen-bond acceptors (Lipinski definition) is 5. The zero-order valence-corrected chi connectivity index (χ0v) is 16.0. The molecule has 0 aliphatic carbocycles. The van der Waals surface area contributed by atoms with E-state index < -0.39 is 5.54 Å². The molecule has 6 heteroatoms. The fraction of sp³-hybridized carbons (Fsp3) is 0.381. The van der Waals surface area contributed by atoms with Crippen LogP contribution in [0.4, 0.5) is 5.69 Å². The first-order valence-corrected chi connectivity index (χ1v) is 8.99. The molecule has 1 heterocycles. The van der Waals surface area contributed by atoms with Gasteiger partial charge in [0.05, 0.1) is 5.54 Å². The Bertz CT molecular complexity index is 824. The van der Waals surface area contributed by atoms with E-state index in [1.807, 2.05) is 38.1 Å². The molecular weight excluding hydrogens is 344 g/mol. The van der Waals surface area contributed by atoms with Crippen LogP contribution in [-0.4, -0.2) is 41.9 Å². The molecule has 1 atom stereocenters. The van der Waals surface area contributed by atoms with Gasteiger partial charge in [-0.3, -0.25) is 9.69 Å². The number of nitrogens with zero attached hydrogens (tertiary/aromatic N) is 1. The van der Waals surface area contributed by atoms with Crippen molar-refractivity contribution >= 4 is 11.6 Å². The van der Waals surface area contributed by atoms with Crippen LogP contribution in [0.5, 0.6) is 11.5 Å². The summed E-state index contributed by atoms with van der Waals surface area (Å²) in [6, 6.07) is 13.0. The molecule has 6 nitrogen and oxygen atoms in total. The molecule has 0 bridgehead atoms. The Morgan fingerprint density at radius 1 is 1.30 bits per heavy atom. The second kappa shape index (κ2) is 7.98. The van der Waals surface area contributed by atoms with Crippen molar-refractivity contribution in [1.29, 1.82) is 0 Å². The number of aryl methyl sites for hydroxylation is 1. The first-order chi connectivity index (χ1) is 12.9. The number of hydrogen-bond donors (Lipinski definition) is 2. The maximum absolute atomic E-state index is 12.8. The number of nitrogens with one attached hydrogen (secondary N) is 1. The number of carbonyl (C=O) groups excluding carboxylic acids is 1. The van der Waals surface area contributed by atoms with Gasteiger partial charge in [-0.2, -0.15) is 0 Å². The number of phenolic OH excluding ortho intramolecular Hbond substituents is 1. The number of methoxy groups -OCH3 is 1. The Hall–Kier alpha value is -2.57. The minimum atomic E-state index is -0.579. The lowest BCUT2D eigenvalue weighted by Crippen LogP contribution is -2.63. The van der Waals surface area contributed by atoms with Crippen LogP contribution in [0.2, 0.25) is 0 Å². The van der Waals surface area contributed by atoms with Crippen LogP contribution in [0.1, 0.15) is 24.5 Å². The number of ether oxygens (including phenoxy) is 2. The first kappa shape index (κ1) is 19.2. The lowest BCUT2D eigenvalue weighted by Gasteiger charge is -2.49. The number of anilines is 1. The van der Waals surface area contributed by atoms with Crippen LogP contribution in [0, 0.1) is 6.92 Å². The predicted octanol–water partition coefficient (Wildman–Crippen LogP) is 3.29. The maximum Gasteiger partial charge on any atom is 0.244 e. The summed E-state index contributed by atoms with van der Waals surface area (Å²) in [6.07, 6.45) is 0.788. The van der Waals surface area contributed by atoms with Crippen LogP contribution >= 0.6 is 0 Å². The normalized spacial score (nSPS) is 19.4. The smallest absolute Gasteiger partial charge is 0.244 e. The summed E-state index contributed by atoms with van der Waals surface area (Å²) in [5.74, 6) is 0.858. The number of phenols is 1. The third kappa shape index (κ3) is 4.23. The van der Waals surface area contributed by atoms with E-state index in [0.29, 0.717) is 12.2 Å². The second-order valence-corrected chi connectivity index (χ2v) is 7.10. The molecule has 3 rings (SSSR count). The summed E-state index contributed by atoms with van der Waals surface area (Å²) < 4.78 is 10.4. The molecule has 1 unspecified atom stereocenters. The summed E-state index contributed by atoms with van der Waals surface area (Å²) in [7, 11) is 1.59. The fourth-order valence-electron chi connectivity index (χ4n) is 3.15. The molecule has 2 N–H and O–H groups in total. The highest BCUT2D eigenvalue weighted by atomic mass is 16.7. The molecule has 1 aliphatic heterocycles. The van der Waals surface area contributed by atoms with E-state index in [4.69, 9.17) is 9.47 Å². The van der Waals surface area contributed by atoms with E-state index in [-0.39, 0.29) is 18.4 Å². The van der Waals surface area contributed by atoms with E-state index in [0.717, 1.165) is 29.8 Å². The van der Waals surface area contributed by atoms with Crippen molar-refractivity contribution in [3.05, 3.63) is 53.6 Å². The summed E-state index contributed by atoms with van der Waals surface area (Å²) in [5.41, 5.74) is 1.88. The van der Waals surface area contributed by atoms with Crippen molar-refractivity contribution in [2.24, 2.45) is 0 Å². The summed E-state index contributed by atoms with van der Waals surface area (Å²) in [4.78, 5) is 15.0. The number of amides is 1. The third-order valence-electron chi connectivity index (χ3n) is 5.14. The Morgan fingerprint density at radius 2 is 2.11 bits per heavy atom. The molecule has 144 valence electrons. The van der Waals surface area contributed by atoms with Crippen LogP contribution in [-0.2, 0) is 16.1 Å². The minimum absolute atomic E-state index is 0.0659. The molecule has 0 saturated carbocycles. The van der Waals surface area contributed by atoms with E-state index in [1.54, 1.807) is 25.3 Å². The molecule has 1 fully saturated rings. The molecule has 0 spiro atoms. The predicted molar refractivity (Wildman–Crippen MR) is 104 cm³/mol. The van der Waals surface area contributed by atoms with Crippen molar-refractivity contribution in [3.8, 4) is 11.5 Å². The van der Waals surface area contributed by atoms with Crippen molar-refractivity contribution in [1.82, 2.24) is 4.90 Å². The first-order valence-electron chi connectivity index (χ1n) is 8.99. The average molecular weight is 370 g/mol. The van der Waals surface area contributed by atoms with Crippen LogP contribution in [0.25, 0.3) is 0 Å². The molecule has 1 aliphatic rings. The molecular formula is C21H26N2O4. The summed E-state index contributed by atoms with van der Waals surface area (Å²) in [6.45, 7) is 5.49. The van der Waals surface area contributed by atoms with Crippen molar-refractivity contribution in [2.75, 3.05) is 25.8 Å². The van der Waals surface area contributed by atoms with Crippen LogP contribution < -0.4 is 10.1 Å². The minimum Gasteiger partial charge on any atom is -0.508 e. The van der Waals surface area contributed by atoms with Gasteiger partial charge in [-0.15, -0.1) is 0 Å². The van der Waals surface area contributed by atoms with Gasteiger partial charge in [0, 0.05) is 32.0 Å². The van der Waals surface area contributed by atoms with Crippen molar-refractivity contribution < 1.29 is 19.4 Å². The molecule has 1 amide bonds. The quantitative estimate of drug-likeness (QED) is 0.732. The number of likely N-dealkylation sites (tertiary alicyclic amines) is 1. The monoisotopic (exact) mass is 370 g/mol. The van der Waals surface area contributed by atoms with Gasteiger partial charge in [-0.1, -0.05) is 18.2 Å². The zero-order chi connectivity index (χ0) is 19.4. The average Bonchev–Trinajstić information content (AvgIpc) is 2.66. The fourth-order valence-corrected chi connectivity index (χ4v) is 3.15. The molecule has 27 heavy (non-hydrogen) atoms. The molecule has 0 radical (unpaired) electrons. The molecule has 0 aromatic heterocycles. The molecule has 2 aromatic rings. The summed E-state index contributed by atoms with van der Waals surface area (Å²) in [5, 5.41) is 12.8. The second-order valence-electron chi connectivity index (χ2n) is 7.10. The Kier molecular flexibility index (Phi) is 5.68. The summed E-state index contributed by atoms with van der Waals surface area (Å²) >= 11 is 0. The van der Waals surface area contributed by atoms with Crippen LogP contribution in [0.3, 0.4) is 0 Å². The van der Waals surface area contributed by atoms with Crippen molar-refractivity contribution in [3.63, 3.8) is 0 Å². The largest absolute Gasteiger partial charge is 0.508 e. The van der Waals surface area contributed by atoms with Crippen molar-refractivity contribution in [2.45, 2.75) is 32.4 Å². The lowest BCUT2D eigenvalue weighted by molar-refractivity contribution is -0.136. The van der Waals surface area contributed by atoms with Gasteiger partial charge >= 0.3 is 0 Å². The zero-order valence-electron chi connectivity index (χ0n) is 16.0. The van der Waals surface area contributed by atoms with Gasteiger partial charge in [0.2, 0.25) is 5.91 Å². The number of rotatable bonds is 7. The van der Waals surface area contributed by atoms with E-state index >= 15 is 0 Å². The van der Waals surface area contributed by atoms with Gasteiger partial charge in [0.25, 0.3) is 0 Å². The van der Waals surface area contributed by atoms with Gasteiger partial charge in [0.15, 0.2) is 6.79 Å². The molecule has 1 saturated heterocycles. The Balaban J connectivity index is 1.66. The number of carbonyl (C=O) groups is 1. The van der Waals surface area contributed by atoms with Crippen LogP contribution in [0.15, 0.2) is 42.5 Å². The highest BCUT2D eigenvalue weighted by Gasteiger charge is 2.46. The SMILES string of the molecule is COCOc1cccc(CN2CCC2(C)C(=O)Nc2ccc(C)c(O)c2)c1. The lowest BCUT2D eigenvalue weighted by atomic mass is 9.85. The van der Waals surface area contributed by atoms with E-state index in [9.17, 15) is 9.90 Å². The van der Waals surface area contributed by atoms with E-state index in [1.165, 1.54) is 0 Å². The highest BCUT2D eigenvalue weighted by Crippen LogP contribution is 2.34.